The van der Waals surface area contributed by atoms with Crippen LogP contribution in [0.3, 0.4) is 0 Å². The van der Waals surface area contributed by atoms with Gasteiger partial charge in [0.1, 0.15) is 0 Å². The topological polar surface area (TPSA) is 21.3 Å². The number of benzene rings is 1. The van der Waals surface area contributed by atoms with Crippen molar-refractivity contribution in [1.82, 2.24) is 5.32 Å². The van der Waals surface area contributed by atoms with Crippen molar-refractivity contribution in [3.63, 3.8) is 0 Å². The minimum Gasteiger partial charge on any atom is -0.375 e. The first-order chi connectivity index (χ1) is 6.74. The van der Waals surface area contributed by atoms with Crippen LogP contribution >= 0.6 is 23.2 Å². The van der Waals surface area contributed by atoms with Gasteiger partial charge in [-0.05, 0) is 24.2 Å². The fraction of sp³-hybridized carbons (Fsp3) is 0.400. The fourth-order valence-corrected chi connectivity index (χ4v) is 2.19. The van der Waals surface area contributed by atoms with Gasteiger partial charge in [0.25, 0.3) is 0 Å². The van der Waals surface area contributed by atoms with Crippen LogP contribution < -0.4 is 5.32 Å². The van der Waals surface area contributed by atoms with Gasteiger partial charge in [0.15, 0.2) is 0 Å². The molecule has 0 aliphatic carbocycles. The molecule has 0 saturated heterocycles. The Balaban J connectivity index is 2.53. The fourth-order valence-electron chi connectivity index (χ4n) is 1.71. The predicted molar refractivity (Wildman–Crippen MR) is 57.9 cm³/mol. The maximum atomic E-state index is 6.16. The van der Waals surface area contributed by atoms with Crippen LogP contribution in [0.1, 0.15) is 17.2 Å². The molecule has 76 valence electrons. The van der Waals surface area contributed by atoms with Gasteiger partial charge in [-0.3, -0.25) is 0 Å². The molecule has 0 aromatic heterocycles. The van der Waals surface area contributed by atoms with Crippen LogP contribution in [0.15, 0.2) is 12.1 Å². The lowest BCUT2D eigenvalue weighted by Gasteiger charge is -2.26. The van der Waals surface area contributed by atoms with Gasteiger partial charge in [-0.25, -0.2) is 0 Å². The number of hydrogen-bond donors (Lipinski definition) is 1. The maximum absolute atomic E-state index is 6.16. The van der Waals surface area contributed by atoms with E-state index in [0.29, 0.717) is 23.3 Å². The molecule has 1 aliphatic heterocycles. The standard InChI is InChI=1S/C10H11Cl2NO/c1-13-8-5-14-4-6-2-3-7(11)10(12)9(6)8/h2-3,8,13H,4-5H2,1H3/t8-/m0/s1. The number of ether oxygens (including phenoxy) is 1. The molecule has 1 heterocycles. The average Bonchev–Trinajstić information content (AvgIpc) is 2.23. The van der Waals surface area contributed by atoms with Gasteiger partial charge < -0.3 is 10.1 Å². The van der Waals surface area contributed by atoms with Gasteiger partial charge >= 0.3 is 0 Å². The zero-order valence-electron chi connectivity index (χ0n) is 7.81. The molecular weight excluding hydrogens is 221 g/mol. The Bertz CT molecular complexity index is 354. The minimum atomic E-state index is 0.143. The van der Waals surface area contributed by atoms with E-state index in [-0.39, 0.29) is 6.04 Å². The molecule has 14 heavy (non-hydrogen) atoms. The third-order valence-electron chi connectivity index (χ3n) is 2.46. The first kappa shape index (κ1) is 10.2. The number of nitrogens with one attached hydrogen (secondary N) is 1. The van der Waals surface area contributed by atoms with Crippen molar-refractivity contribution in [2.45, 2.75) is 12.6 Å². The van der Waals surface area contributed by atoms with Crippen molar-refractivity contribution >= 4 is 23.2 Å². The Hall–Kier alpha value is -0.280. The highest BCUT2D eigenvalue weighted by Gasteiger charge is 2.23. The molecule has 0 bridgehead atoms. The van der Waals surface area contributed by atoms with Crippen molar-refractivity contribution in [3.8, 4) is 0 Å². The molecule has 0 radical (unpaired) electrons. The largest absolute Gasteiger partial charge is 0.375 e. The molecule has 0 unspecified atom stereocenters. The lowest BCUT2D eigenvalue weighted by molar-refractivity contribution is 0.0845. The normalized spacial score (nSPS) is 20.6. The Kier molecular flexibility index (Phi) is 2.98. The molecule has 2 nitrogen and oxygen atoms in total. The summed E-state index contributed by atoms with van der Waals surface area (Å²) >= 11 is 12.1. The highest BCUT2D eigenvalue weighted by molar-refractivity contribution is 6.42. The second-order valence-corrected chi connectivity index (χ2v) is 4.08. The number of fused-ring (bicyclic) bond motifs is 1. The molecule has 0 spiro atoms. The van der Waals surface area contributed by atoms with Crippen molar-refractivity contribution < 1.29 is 4.74 Å². The Labute approximate surface area is 93.2 Å². The van der Waals surface area contributed by atoms with Crippen LogP contribution in [-0.4, -0.2) is 13.7 Å². The summed E-state index contributed by atoms with van der Waals surface area (Å²) in [7, 11) is 1.89. The summed E-state index contributed by atoms with van der Waals surface area (Å²) in [4.78, 5) is 0. The summed E-state index contributed by atoms with van der Waals surface area (Å²) in [6, 6.07) is 3.92. The highest BCUT2D eigenvalue weighted by Crippen LogP contribution is 2.35. The van der Waals surface area contributed by atoms with E-state index in [0.717, 1.165) is 11.1 Å². The monoisotopic (exact) mass is 231 g/mol. The van der Waals surface area contributed by atoms with E-state index in [1.54, 1.807) is 0 Å². The lowest BCUT2D eigenvalue weighted by atomic mass is 9.99. The quantitative estimate of drug-likeness (QED) is 0.803. The molecule has 2 rings (SSSR count). The van der Waals surface area contributed by atoms with Crippen LogP contribution in [0, 0.1) is 0 Å². The van der Waals surface area contributed by atoms with Gasteiger partial charge in [-0.2, -0.15) is 0 Å². The maximum Gasteiger partial charge on any atom is 0.0721 e. The zero-order valence-corrected chi connectivity index (χ0v) is 9.32. The molecule has 1 aliphatic rings. The van der Waals surface area contributed by atoms with E-state index >= 15 is 0 Å². The summed E-state index contributed by atoms with van der Waals surface area (Å²) in [5.41, 5.74) is 2.19. The van der Waals surface area contributed by atoms with E-state index in [4.69, 9.17) is 27.9 Å². The molecule has 1 atom stereocenters. The smallest absolute Gasteiger partial charge is 0.0721 e. The van der Waals surface area contributed by atoms with E-state index in [2.05, 4.69) is 5.32 Å². The minimum absolute atomic E-state index is 0.143. The van der Waals surface area contributed by atoms with Gasteiger partial charge in [0.05, 0.1) is 29.3 Å². The van der Waals surface area contributed by atoms with E-state index < -0.39 is 0 Å². The Morgan fingerprint density at radius 2 is 2.21 bits per heavy atom. The van der Waals surface area contributed by atoms with E-state index in [1.165, 1.54) is 0 Å². The van der Waals surface area contributed by atoms with Crippen LogP contribution in [-0.2, 0) is 11.3 Å². The molecule has 1 aromatic rings. The molecular formula is C10H11Cl2NO. The van der Waals surface area contributed by atoms with E-state index in [1.807, 2.05) is 19.2 Å². The van der Waals surface area contributed by atoms with Gasteiger partial charge in [0, 0.05) is 0 Å². The van der Waals surface area contributed by atoms with Crippen molar-refractivity contribution in [3.05, 3.63) is 33.3 Å². The molecule has 0 amide bonds. The SMILES string of the molecule is CN[C@H]1COCc2ccc(Cl)c(Cl)c21. The summed E-state index contributed by atoms with van der Waals surface area (Å²) in [5, 5.41) is 4.41. The number of likely N-dealkylation sites (N-methyl/N-ethyl adjacent to an activating group) is 1. The number of rotatable bonds is 1. The summed E-state index contributed by atoms with van der Waals surface area (Å²) < 4.78 is 5.43. The Morgan fingerprint density at radius 3 is 2.93 bits per heavy atom. The van der Waals surface area contributed by atoms with Crippen LogP contribution in [0.25, 0.3) is 0 Å². The van der Waals surface area contributed by atoms with Crippen LogP contribution in [0.4, 0.5) is 0 Å². The molecule has 1 N–H and O–H groups in total. The van der Waals surface area contributed by atoms with Crippen LogP contribution in [0.2, 0.25) is 10.0 Å². The van der Waals surface area contributed by atoms with Crippen molar-refractivity contribution in [2.75, 3.05) is 13.7 Å². The van der Waals surface area contributed by atoms with Crippen molar-refractivity contribution in [1.29, 1.82) is 0 Å². The van der Waals surface area contributed by atoms with Gasteiger partial charge in [0.2, 0.25) is 0 Å². The summed E-state index contributed by atoms with van der Waals surface area (Å²) in [6.45, 7) is 1.26. The molecule has 0 saturated carbocycles. The number of halogens is 2. The van der Waals surface area contributed by atoms with E-state index in [9.17, 15) is 0 Å². The summed E-state index contributed by atoms with van der Waals surface area (Å²) in [6.07, 6.45) is 0. The lowest BCUT2D eigenvalue weighted by Crippen LogP contribution is -2.27. The highest BCUT2D eigenvalue weighted by atomic mass is 35.5. The van der Waals surface area contributed by atoms with Crippen molar-refractivity contribution in [2.24, 2.45) is 0 Å². The molecule has 0 fully saturated rings. The average molecular weight is 232 g/mol. The molecule has 4 heteroatoms. The summed E-state index contributed by atoms with van der Waals surface area (Å²) in [5.74, 6) is 0. The Morgan fingerprint density at radius 1 is 1.43 bits per heavy atom. The second-order valence-electron chi connectivity index (χ2n) is 3.29. The van der Waals surface area contributed by atoms with Gasteiger partial charge in [-0.15, -0.1) is 0 Å². The third-order valence-corrected chi connectivity index (χ3v) is 3.28. The van der Waals surface area contributed by atoms with Crippen LogP contribution in [0.5, 0.6) is 0 Å². The predicted octanol–water partition coefficient (Wildman–Crippen LogP) is 2.78. The number of hydrogen-bond acceptors (Lipinski definition) is 2. The second kappa shape index (κ2) is 4.07. The first-order valence-corrected chi connectivity index (χ1v) is 5.21. The van der Waals surface area contributed by atoms with Gasteiger partial charge in [-0.1, -0.05) is 29.3 Å². The third kappa shape index (κ3) is 1.63. The first-order valence-electron chi connectivity index (χ1n) is 4.46. The zero-order chi connectivity index (χ0) is 10.1. The molecule has 1 aromatic carbocycles.